The summed E-state index contributed by atoms with van der Waals surface area (Å²) in [6, 6.07) is 6.49. The SMILES string of the molecule is CCN(CC)CC.OC[C@H]1O[C@@H](O[C@H]2[C@H](O)[C@@H](O)[C@H](Sc3cccc(S[C@@H]4O[C@H](CO)[C@@H](O[C@@H]5O[C@H](CO)[C@@H](O)[C@H](O)[C@H]5O)[C@H](O)[C@H]4O)c3)O[C@@H]2CO)[C@H](O)[C@@H](O)[C@@H]1O. The lowest BCUT2D eigenvalue weighted by atomic mass is 9.97. The normalized spacial score (nSPS) is 42.9. The molecule has 0 spiro atoms. The predicted molar refractivity (Wildman–Crippen MR) is 204 cm³/mol. The van der Waals surface area contributed by atoms with Crippen molar-refractivity contribution in [1.82, 2.24) is 4.90 Å². The van der Waals surface area contributed by atoms with E-state index in [1.54, 1.807) is 24.3 Å². The number of hydrogen-bond acceptors (Lipinski definition) is 23. The highest BCUT2D eigenvalue weighted by molar-refractivity contribution is 8.00. The number of benzene rings is 1. The first-order valence-electron chi connectivity index (χ1n) is 19.4. The van der Waals surface area contributed by atoms with Crippen molar-refractivity contribution in [2.45, 2.75) is 152 Å². The lowest BCUT2D eigenvalue weighted by Crippen LogP contribution is -2.64. The van der Waals surface area contributed by atoms with Gasteiger partial charge in [0.1, 0.15) is 109 Å². The molecule has 14 N–H and O–H groups in total. The third kappa shape index (κ3) is 12.2. The zero-order chi connectivity index (χ0) is 43.7. The summed E-state index contributed by atoms with van der Waals surface area (Å²) < 4.78 is 33.5. The first kappa shape index (κ1) is 50.7. The summed E-state index contributed by atoms with van der Waals surface area (Å²) >= 11 is 1.90. The van der Waals surface area contributed by atoms with Gasteiger partial charge in [-0.2, -0.15) is 0 Å². The van der Waals surface area contributed by atoms with Crippen LogP contribution in [0.2, 0.25) is 0 Å². The minimum atomic E-state index is -1.81. The molecule has 0 radical (unpaired) electrons. The molecule has 0 saturated carbocycles. The van der Waals surface area contributed by atoms with Gasteiger partial charge in [0.05, 0.1) is 26.4 Å². The van der Waals surface area contributed by atoms with Crippen LogP contribution in [0.15, 0.2) is 34.1 Å². The molecule has 4 aliphatic rings. The van der Waals surface area contributed by atoms with Crippen LogP contribution in [0.3, 0.4) is 0 Å². The quantitative estimate of drug-likeness (QED) is 0.0781. The van der Waals surface area contributed by atoms with Gasteiger partial charge in [-0.15, -0.1) is 0 Å². The number of nitrogens with zero attached hydrogens (tertiary/aromatic N) is 1. The fourth-order valence-corrected chi connectivity index (χ4v) is 9.18. The molecule has 21 nitrogen and oxygen atoms in total. The van der Waals surface area contributed by atoms with E-state index < -0.39 is 148 Å². The molecule has 0 amide bonds. The summed E-state index contributed by atoms with van der Waals surface area (Å²) in [5.74, 6) is 0. The summed E-state index contributed by atoms with van der Waals surface area (Å²) in [5, 5.41) is 144. The second kappa shape index (κ2) is 23.7. The first-order chi connectivity index (χ1) is 28.1. The zero-order valence-electron chi connectivity index (χ0n) is 32.8. The third-order valence-electron chi connectivity index (χ3n) is 10.6. The van der Waals surface area contributed by atoms with Gasteiger partial charge in [-0.1, -0.05) is 50.4 Å². The van der Waals surface area contributed by atoms with E-state index in [9.17, 15) is 71.5 Å². The first-order valence-corrected chi connectivity index (χ1v) is 21.2. The van der Waals surface area contributed by atoms with Gasteiger partial charge >= 0.3 is 0 Å². The van der Waals surface area contributed by atoms with E-state index in [0.717, 1.165) is 23.5 Å². The molecule has 1 aromatic rings. The monoisotopic (exact) mass is 891 g/mol. The van der Waals surface area contributed by atoms with Crippen LogP contribution in [0.5, 0.6) is 0 Å². The van der Waals surface area contributed by atoms with Crippen LogP contribution in [0.4, 0.5) is 0 Å². The third-order valence-corrected chi connectivity index (χ3v) is 12.9. The van der Waals surface area contributed by atoms with Gasteiger partial charge < -0.3 is 105 Å². The Kier molecular flexibility index (Phi) is 20.4. The zero-order valence-corrected chi connectivity index (χ0v) is 34.4. The van der Waals surface area contributed by atoms with Gasteiger partial charge in [-0.25, -0.2) is 0 Å². The maximum Gasteiger partial charge on any atom is 0.187 e. The van der Waals surface area contributed by atoms with Gasteiger partial charge in [0.2, 0.25) is 0 Å². The number of ether oxygens (including phenoxy) is 6. The van der Waals surface area contributed by atoms with Crippen LogP contribution in [0, 0.1) is 0 Å². The van der Waals surface area contributed by atoms with E-state index in [4.69, 9.17) is 28.4 Å². The minimum Gasteiger partial charge on any atom is -0.394 e. The largest absolute Gasteiger partial charge is 0.394 e. The molecule has 342 valence electrons. The van der Waals surface area contributed by atoms with E-state index in [2.05, 4.69) is 25.7 Å². The maximum atomic E-state index is 11.0. The summed E-state index contributed by atoms with van der Waals surface area (Å²) in [6.07, 6.45) is -28.7. The average molecular weight is 892 g/mol. The van der Waals surface area contributed by atoms with Gasteiger partial charge in [0, 0.05) is 9.79 Å². The molecule has 0 unspecified atom stereocenters. The smallest absolute Gasteiger partial charge is 0.187 e. The van der Waals surface area contributed by atoms with E-state index in [1.807, 2.05) is 0 Å². The van der Waals surface area contributed by atoms with Crippen LogP contribution in [0.1, 0.15) is 20.8 Å². The van der Waals surface area contributed by atoms with Crippen molar-refractivity contribution in [3.8, 4) is 0 Å². The van der Waals surface area contributed by atoms with E-state index >= 15 is 0 Å². The van der Waals surface area contributed by atoms with E-state index in [-0.39, 0.29) is 0 Å². The maximum absolute atomic E-state index is 11.0. The lowest BCUT2D eigenvalue weighted by molar-refractivity contribution is -0.338. The van der Waals surface area contributed by atoms with Crippen molar-refractivity contribution in [2.24, 2.45) is 0 Å². The van der Waals surface area contributed by atoms with Crippen molar-refractivity contribution >= 4 is 23.5 Å². The average Bonchev–Trinajstić information content (AvgIpc) is 3.24. The summed E-state index contributed by atoms with van der Waals surface area (Å²) in [4.78, 5) is 3.32. The second-order valence-electron chi connectivity index (χ2n) is 14.3. The van der Waals surface area contributed by atoms with Crippen LogP contribution in [-0.2, 0) is 28.4 Å². The fourth-order valence-electron chi connectivity index (χ4n) is 6.87. The molecule has 4 fully saturated rings. The molecular weight excluding hydrogens is 831 g/mol. The van der Waals surface area contributed by atoms with Crippen LogP contribution in [0.25, 0.3) is 0 Å². The Balaban J connectivity index is 0.00000101. The van der Waals surface area contributed by atoms with Gasteiger partial charge in [0.15, 0.2) is 12.6 Å². The predicted octanol–water partition coefficient (Wildman–Crippen LogP) is -5.53. The fraction of sp³-hybridized carbons (Fsp3) is 0.833. The molecule has 23 heteroatoms. The molecule has 59 heavy (non-hydrogen) atoms. The Morgan fingerprint density at radius 1 is 0.475 bits per heavy atom. The molecular formula is C36H61NO20S2. The standard InChI is InChI=1S/C30H46O20S2.C6H15N/c31-5-11-15(35)17(37)21(41)27(45-11)49-25-13(7-33)47-29(23(43)19(25)39)51-9-2-1-3-10(4-9)52-30-24(44)20(40)26(14(8-34)48-30)50-28-22(42)18(38)16(36)12(6-32)46-28;1-4-7(5-2)6-3/h1-4,11-44H,5-8H2;4-6H2,1-3H3/t11-,12-,13-,14-,15-,16-,17+,18+,19-,20-,21-,22-,23-,24-,25-,26-,27+,28+,29+,30+;/m1./s1. The van der Waals surface area contributed by atoms with Crippen molar-refractivity contribution in [3.05, 3.63) is 24.3 Å². The Morgan fingerprint density at radius 2 is 0.831 bits per heavy atom. The van der Waals surface area contributed by atoms with Gasteiger partial charge in [-0.3, -0.25) is 0 Å². The highest BCUT2D eigenvalue weighted by Gasteiger charge is 2.52. The van der Waals surface area contributed by atoms with E-state index in [1.165, 1.54) is 19.6 Å². The minimum absolute atomic E-state index is 0.472. The molecule has 5 rings (SSSR count). The highest BCUT2D eigenvalue weighted by atomic mass is 32.2. The van der Waals surface area contributed by atoms with Crippen LogP contribution >= 0.6 is 23.5 Å². The molecule has 0 bridgehead atoms. The Hall–Kier alpha value is -0.920. The van der Waals surface area contributed by atoms with Gasteiger partial charge in [0.25, 0.3) is 0 Å². The number of thioether (sulfide) groups is 2. The topological polar surface area (TPSA) is 342 Å². The number of aliphatic hydroxyl groups is 14. The van der Waals surface area contributed by atoms with Crippen molar-refractivity contribution in [3.63, 3.8) is 0 Å². The molecule has 20 atom stereocenters. The second-order valence-corrected chi connectivity index (χ2v) is 16.7. The molecule has 4 heterocycles. The van der Waals surface area contributed by atoms with Crippen molar-refractivity contribution in [2.75, 3.05) is 46.1 Å². The molecule has 4 aliphatic heterocycles. The summed E-state index contributed by atoms with van der Waals surface area (Å²) in [7, 11) is 0. The highest BCUT2D eigenvalue weighted by Crippen LogP contribution is 2.40. The molecule has 0 aliphatic carbocycles. The Morgan fingerprint density at radius 3 is 1.14 bits per heavy atom. The van der Waals surface area contributed by atoms with Crippen molar-refractivity contribution in [1.29, 1.82) is 0 Å². The molecule has 4 saturated heterocycles. The Bertz CT molecular complexity index is 1270. The van der Waals surface area contributed by atoms with Crippen molar-refractivity contribution < 1.29 is 99.9 Å². The van der Waals surface area contributed by atoms with Crippen LogP contribution in [-0.4, -0.2) is 244 Å². The number of rotatable bonds is 15. The van der Waals surface area contributed by atoms with E-state index in [0.29, 0.717) is 9.79 Å². The molecule has 0 aromatic heterocycles. The van der Waals surface area contributed by atoms with Gasteiger partial charge in [-0.05, 0) is 37.8 Å². The number of hydrogen-bond donors (Lipinski definition) is 14. The Labute approximate surface area is 349 Å². The lowest BCUT2D eigenvalue weighted by Gasteiger charge is -2.46. The summed E-state index contributed by atoms with van der Waals surface area (Å²) in [5.41, 5.74) is -2.36. The molecule has 1 aromatic carbocycles. The van der Waals surface area contributed by atoms with Crippen LogP contribution < -0.4 is 0 Å². The number of aliphatic hydroxyl groups excluding tert-OH is 14. The summed E-state index contributed by atoms with van der Waals surface area (Å²) in [6.45, 7) is 7.23.